The molecule has 7 heteroatoms. The fourth-order valence-electron chi connectivity index (χ4n) is 3.89. The predicted molar refractivity (Wildman–Crippen MR) is 120 cm³/mol. The first-order valence-corrected chi connectivity index (χ1v) is 10.4. The van der Waals surface area contributed by atoms with Crippen molar-refractivity contribution in [2.45, 2.75) is 18.5 Å². The van der Waals surface area contributed by atoms with Gasteiger partial charge in [0.2, 0.25) is 0 Å². The Balaban J connectivity index is 1.28. The van der Waals surface area contributed by atoms with E-state index in [-0.39, 0.29) is 24.8 Å². The molecule has 0 saturated carbocycles. The number of nitrogens with two attached hydrogens (primary N) is 1. The minimum Gasteiger partial charge on any atom is -0.449 e. The first-order chi connectivity index (χ1) is 15.8. The number of nitrogen functional groups attached to an aromatic ring is 1. The van der Waals surface area contributed by atoms with E-state index in [1.54, 1.807) is 0 Å². The third kappa shape index (κ3) is 4.96. The second kappa shape index (κ2) is 9.29. The summed E-state index contributed by atoms with van der Waals surface area (Å²) in [5, 5.41) is 2.64. The maximum atomic E-state index is 12.7. The predicted octanol–water partition coefficient (Wildman–Crippen LogP) is 5.57. The third-order valence-electron chi connectivity index (χ3n) is 5.46. The molecule has 0 aromatic heterocycles. The normalized spacial score (nSPS) is 12.3. The average Bonchev–Trinajstić information content (AvgIpc) is 3.11. The Kier molecular flexibility index (Phi) is 6.27. The summed E-state index contributed by atoms with van der Waals surface area (Å²) in [6.07, 6.45) is -4.70. The monoisotopic (exact) mass is 450 g/mol. The highest BCUT2D eigenvalue weighted by Gasteiger charge is 2.31. The summed E-state index contributed by atoms with van der Waals surface area (Å²) in [7, 11) is 0. The van der Waals surface area contributed by atoms with Crippen molar-refractivity contribution in [3.05, 3.63) is 89.0 Å². The van der Waals surface area contributed by atoms with E-state index in [1.807, 2.05) is 36.4 Å². The van der Waals surface area contributed by atoms with Gasteiger partial charge in [0.05, 0.1) is 5.56 Å². The van der Waals surface area contributed by atoms with Crippen LogP contribution in [0.1, 0.15) is 34.6 Å². The van der Waals surface area contributed by atoms with Crippen LogP contribution in [-0.4, -0.2) is 19.2 Å². The summed E-state index contributed by atoms with van der Waals surface area (Å²) < 4.78 is 43.5. The molecule has 33 heavy (non-hydrogen) atoms. The number of rotatable bonds is 4. The number of carbonyl (C=O) groups is 1. The minimum absolute atomic E-state index is 0.0226. The fourth-order valence-corrected chi connectivity index (χ4v) is 3.89. The van der Waals surface area contributed by atoms with Crippen LogP contribution in [-0.2, 0) is 10.9 Å². The molecule has 0 spiro atoms. The highest BCUT2D eigenvalue weighted by atomic mass is 19.4. The summed E-state index contributed by atoms with van der Waals surface area (Å²) >= 11 is 0. The number of halogens is 3. The van der Waals surface area contributed by atoms with Gasteiger partial charge >= 0.3 is 12.3 Å². The van der Waals surface area contributed by atoms with Crippen LogP contribution < -0.4 is 11.1 Å². The van der Waals surface area contributed by atoms with Crippen LogP contribution in [0.2, 0.25) is 0 Å². The number of hydrogen-bond donors (Lipinski definition) is 2. The first kappa shape index (κ1) is 22.3. The Bertz CT molecular complexity index is 1200. The molecular formula is C26H21F3N2O2. The lowest BCUT2D eigenvalue weighted by Crippen LogP contribution is -2.26. The number of carbonyl (C=O) groups excluding carboxylic acids is 1. The quantitative estimate of drug-likeness (QED) is 0.310. The zero-order valence-corrected chi connectivity index (χ0v) is 17.6. The van der Waals surface area contributed by atoms with Gasteiger partial charge in [0.25, 0.3) is 0 Å². The Morgan fingerprint density at radius 1 is 1.00 bits per heavy atom. The van der Waals surface area contributed by atoms with Gasteiger partial charge in [0.15, 0.2) is 0 Å². The maximum absolute atomic E-state index is 12.7. The van der Waals surface area contributed by atoms with E-state index in [9.17, 15) is 18.0 Å². The van der Waals surface area contributed by atoms with Crippen molar-refractivity contribution in [2.75, 3.05) is 18.9 Å². The van der Waals surface area contributed by atoms with Gasteiger partial charge in [0.1, 0.15) is 6.61 Å². The van der Waals surface area contributed by atoms with Crippen LogP contribution in [0.4, 0.5) is 23.7 Å². The Morgan fingerprint density at radius 2 is 1.64 bits per heavy atom. The van der Waals surface area contributed by atoms with E-state index in [2.05, 4.69) is 29.3 Å². The van der Waals surface area contributed by atoms with Gasteiger partial charge in [-0.05, 0) is 40.5 Å². The number of amides is 1. The number of fused-ring (bicyclic) bond motifs is 3. The van der Waals surface area contributed by atoms with E-state index in [0.29, 0.717) is 12.0 Å². The zero-order chi connectivity index (χ0) is 23.4. The zero-order valence-electron chi connectivity index (χ0n) is 17.6. The largest absolute Gasteiger partial charge is 0.449 e. The van der Waals surface area contributed by atoms with Crippen molar-refractivity contribution in [3.8, 4) is 23.0 Å². The van der Waals surface area contributed by atoms with Crippen molar-refractivity contribution >= 4 is 11.8 Å². The minimum atomic E-state index is -4.45. The first-order valence-electron chi connectivity index (χ1n) is 10.4. The molecule has 0 heterocycles. The number of benzene rings is 3. The SMILES string of the molecule is Nc1cc(C(F)(F)F)ccc1C#CCCNC(=O)OCC1c2ccccc2-c2ccccc21. The second-order valence-electron chi connectivity index (χ2n) is 7.60. The lowest BCUT2D eigenvalue weighted by molar-refractivity contribution is -0.137. The molecule has 0 fully saturated rings. The summed E-state index contributed by atoms with van der Waals surface area (Å²) in [6, 6.07) is 19.2. The van der Waals surface area contributed by atoms with Crippen molar-refractivity contribution in [3.63, 3.8) is 0 Å². The van der Waals surface area contributed by atoms with Gasteiger partial charge in [0, 0.05) is 30.1 Å². The molecule has 1 aliphatic carbocycles. The van der Waals surface area contributed by atoms with Crippen LogP contribution >= 0.6 is 0 Å². The van der Waals surface area contributed by atoms with Gasteiger partial charge in [-0.2, -0.15) is 13.2 Å². The van der Waals surface area contributed by atoms with Crippen LogP contribution in [0, 0.1) is 11.8 Å². The fraction of sp³-hybridized carbons (Fsp3) is 0.192. The number of hydrogen-bond acceptors (Lipinski definition) is 3. The molecule has 0 atom stereocenters. The van der Waals surface area contributed by atoms with Crippen molar-refractivity contribution in [1.82, 2.24) is 5.32 Å². The van der Waals surface area contributed by atoms with E-state index >= 15 is 0 Å². The molecular weight excluding hydrogens is 429 g/mol. The van der Waals surface area contributed by atoms with Crippen LogP contribution in [0.15, 0.2) is 66.7 Å². The summed E-state index contributed by atoms with van der Waals surface area (Å²) in [4.78, 5) is 12.1. The van der Waals surface area contributed by atoms with Gasteiger partial charge in [-0.1, -0.05) is 60.4 Å². The van der Waals surface area contributed by atoms with E-state index in [1.165, 1.54) is 6.07 Å². The summed E-state index contributed by atoms with van der Waals surface area (Å²) in [5.74, 6) is 5.50. The van der Waals surface area contributed by atoms with Crippen molar-refractivity contribution in [2.24, 2.45) is 0 Å². The van der Waals surface area contributed by atoms with E-state index < -0.39 is 17.8 Å². The van der Waals surface area contributed by atoms with Gasteiger partial charge < -0.3 is 15.8 Å². The van der Waals surface area contributed by atoms with E-state index in [0.717, 1.165) is 34.4 Å². The van der Waals surface area contributed by atoms with E-state index in [4.69, 9.17) is 10.5 Å². The number of alkyl halides is 3. The molecule has 3 N–H and O–H groups in total. The van der Waals surface area contributed by atoms with Crippen LogP contribution in [0.5, 0.6) is 0 Å². The molecule has 1 aliphatic rings. The van der Waals surface area contributed by atoms with Crippen LogP contribution in [0.25, 0.3) is 11.1 Å². The molecule has 1 amide bonds. The maximum Gasteiger partial charge on any atom is 0.416 e. The molecule has 0 saturated heterocycles. The van der Waals surface area contributed by atoms with Crippen molar-refractivity contribution < 1.29 is 22.7 Å². The lowest BCUT2D eigenvalue weighted by atomic mass is 9.98. The Hall–Kier alpha value is -3.92. The van der Waals surface area contributed by atoms with Gasteiger partial charge in [-0.15, -0.1) is 0 Å². The van der Waals surface area contributed by atoms with Gasteiger partial charge in [-0.25, -0.2) is 4.79 Å². The van der Waals surface area contributed by atoms with Crippen LogP contribution in [0.3, 0.4) is 0 Å². The molecule has 0 bridgehead atoms. The molecule has 0 unspecified atom stereocenters. The average molecular weight is 450 g/mol. The molecule has 0 radical (unpaired) electrons. The number of ether oxygens (including phenoxy) is 1. The molecule has 4 nitrogen and oxygen atoms in total. The molecule has 4 rings (SSSR count). The summed E-state index contributed by atoms with van der Waals surface area (Å²) in [5.41, 5.74) is 9.68. The smallest absolute Gasteiger partial charge is 0.416 e. The highest BCUT2D eigenvalue weighted by molar-refractivity contribution is 5.79. The Labute approximate surface area is 189 Å². The molecule has 3 aromatic carbocycles. The second-order valence-corrected chi connectivity index (χ2v) is 7.60. The lowest BCUT2D eigenvalue weighted by Gasteiger charge is -2.14. The summed E-state index contributed by atoms with van der Waals surface area (Å²) in [6.45, 7) is 0.456. The highest BCUT2D eigenvalue weighted by Crippen LogP contribution is 2.44. The molecule has 0 aliphatic heterocycles. The van der Waals surface area contributed by atoms with Gasteiger partial charge in [-0.3, -0.25) is 0 Å². The molecule has 168 valence electrons. The topological polar surface area (TPSA) is 64.3 Å². The standard InChI is InChI=1S/C26H21F3N2O2/c27-26(28,29)18-13-12-17(24(30)15-18)7-5-6-14-31-25(32)33-16-23-21-10-3-1-8-19(21)20-9-2-4-11-22(20)23/h1-4,8-13,15,23H,6,14,16,30H2,(H,31,32). The molecule has 3 aromatic rings. The number of alkyl carbamates (subject to hydrolysis) is 1. The third-order valence-corrected chi connectivity index (χ3v) is 5.46. The Morgan fingerprint density at radius 3 is 2.24 bits per heavy atom. The number of anilines is 1. The number of nitrogens with one attached hydrogen (secondary N) is 1. The van der Waals surface area contributed by atoms with Crippen molar-refractivity contribution in [1.29, 1.82) is 0 Å².